The molecule has 0 N–H and O–H groups in total. The van der Waals surface area contributed by atoms with Gasteiger partial charge in [0, 0.05) is 40.2 Å². The van der Waals surface area contributed by atoms with Crippen LogP contribution in [0.2, 0.25) is 5.02 Å². The van der Waals surface area contributed by atoms with Gasteiger partial charge in [0.05, 0.1) is 23.5 Å². The summed E-state index contributed by atoms with van der Waals surface area (Å²) < 4.78 is 7.13. The first-order valence-corrected chi connectivity index (χ1v) is 11.2. The predicted octanol–water partition coefficient (Wildman–Crippen LogP) is 6.08. The number of Topliss-reactive ketones (excluding diaryl/α,β-unsaturated/α-hetero) is 1. The topological polar surface area (TPSA) is 87.3 Å². The van der Waals surface area contributed by atoms with E-state index in [2.05, 4.69) is 0 Å². The van der Waals surface area contributed by atoms with E-state index in [4.69, 9.17) is 21.3 Å². The number of benzene rings is 3. The van der Waals surface area contributed by atoms with E-state index in [-0.39, 0.29) is 17.2 Å². The number of ketones is 1. The highest BCUT2D eigenvalue weighted by Crippen LogP contribution is 2.29. The number of imidazole rings is 1. The van der Waals surface area contributed by atoms with Gasteiger partial charge in [-0.15, -0.1) is 0 Å². The molecule has 166 valence electrons. The number of hydrogen-bond donors (Lipinski definition) is 0. The summed E-state index contributed by atoms with van der Waals surface area (Å²) in [4.78, 5) is 27.8. The standard InChI is InChI=1S/C24H18ClN3O4S/c1-32-21-12-4-16(5-13-21)22-14-27(19-10-6-18(25)7-11-19)24(26-22)33-15-23(29)17-2-8-20(9-3-17)28(30)31/h2-14H,15H2,1H3. The number of thioether (sulfide) groups is 1. The molecule has 0 saturated heterocycles. The van der Waals surface area contributed by atoms with Gasteiger partial charge in [-0.25, -0.2) is 4.98 Å². The molecule has 33 heavy (non-hydrogen) atoms. The van der Waals surface area contributed by atoms with E-state index in [0.29, 0.717) is 15.7 Å². The van der Waals surface area contributed by atoms with E-state index < -0.39 is 4.92 Å². The van der Waals surface area contributed by atoms with Crippen molar-refractivity contribution in [1.82, 2.24) is 9.55 Å². The number of carbonyl (C=O) groups excluding carboxylic acids is 1. The van der Waals surface area contributed by atoms with E-state index in [1.807, 2.05) is 47.2 Å². The Balaban J connectivity index is 1.61. The van der Waals surface area contributed by atoms with Crippen LogP contribution in [0.3, 0.4) is 0 Å². The Kier molecular flexibility index (Phi) is 6.76. The number of carbonyl (C=O) groups is 1. The average molecular weight is 480 g/mol. The second kappa shape index (κ2) is 9.89. The van der Waals surface area contributed by atoms with Gasteiger partial charge in [0.15, 0.2) is 10.9 Å². The third-order valence-electron chi connectivity index (χ3n) is 4.90. The SMILES string of the molecule is COc1ccc(-c2cn(-c3ccc(Cl)cc3)c(SCC(=O)c3ccc([N+](=O)[O-])cc3)n2)cc1. The van der Waals surface area contributed by atoms with Gasteiger partial charge in [0.1, 0.15) is 5.75 Å². The molecule has 0 radical (unpaired) electrons. The van der Waals surface area contributed by atoms with E-state index in [1.54, 1.807) is 19.2 Å². The minimum atomic E-state index is -0.493. The molecule has 4 aromatic rings. The van der Waals surface area contributed by atoms with Crippen LogP contribution in [0.1, 0.15) is 10.4 Å². The molecule has 0 amide bonds. The fourth-order valence-corrected chi connectivity index (χ4v) is 4.15. The first kappa shape index (κ1) is 22.6. The Morgan fingerprint density at radius 3 is 2.33 bits per heavy atom. The molecule has 0 spiro atoms. The lowest BCUT2D eigenvalue weighted by molar-refractivity contribution is -0.384. The Bertz CT molecular complexity index is 1290. The summed E-state index contributed by atoms with van der Waals surface area (Å²) in [6.45, 7) is 0. The van der Waals surface area contributed by atoms with Gasteiger partial charge >= 0.3 is 0 Å². The molecule has 1 heterocycles. The van der Waals surface area contributed by atoms with Gasteiger partial charge in [-0.3, -0.25) is 19.5 Å². The van der Waals surface area contributed by atoms with Crippen LogP contribution >= 0.6 is 23.4 Å². The molecule has 0 aliphatic rings. The molecular weight excluding hydrogens is 462 g/mol. The Labute approximate surface area is 199 Å². The van der Waals surface area contributed by atoms with Crippen molar-refractivity contribution in [2.75, 3.05) is 12.9 Å². The number of nitro benzene ring substituents is 1. The molecule has 0 unspecified atom stereocenters. The molecular formula is C24H18ClN3O4S. The zero-order chi connectivity index (χ0) is 23.4. The quantitative estimate of drug-likeness (QED) is 0.132. The van der Waals surface area contributed by atoms with Crippen molar-refractivity contribution in [1.29, 1.82) is 0 Å². The predicted molar refractivity (Wildman–Crippen MR) is 129 cm³/mol. The summed E-state index contributed by atoms with van der Waals surface area (Å²) >= 11 is 7.33. The highest BCUT2D eigenvalue weighted by atomic mass is 35.5. The van der Waals surface area contributed by atoms with Gasteiger partial charge in [-0.1, -0.05) is 23.4 Å². The lowest BCUT2D eigenvalue weighted by Gasteiger charge is -2.07. The number of rotatable bonds is 8. The van der Waals surface area contributed by atoms with Crippen LogP contribution in [0.4, 0.5) is 5.69 Å². The van der Waals surface area contributed by atoms with Crippen molar-refractivity contribution in [2.45, 2.75) is 5.16 Å². The summed E-state index contributed by atoms with van der Waals surface area (Å²) in [7, 11) is 1.61. The normalized spacial score (nSPS) is 10.7. The molecule has 0 aliphatic carbocycles. The van der Waals surface area contributed by atoms with Gasteiger partial charge in [-0.2, -0.15) is 0 Å². The summed E-state index contributed by atoms with van der Waals surface area (Å²) in [6, 6.07) is 20.5. The Hall–Kier alpha value is -3.62. The first-order valence-electron chi connectivity index (χ1n) is 9.85. The van der Waals surface area contributed by atoms with Crippen molar-refractivity contribution < 1.29 is 14.5 Å². The van der Waals surface area contributed by atoms with Crippen LogP contribution in [-0.2, 0) is 0 Å². The van der Waals surface area contributed by atoms with Gasteiger partial charge in [0.25, 0.3) is 5.69 Å². The highest BCUT2D eigenvalue weighted by Gasteiger charge is 2.16. The Morgan fingerprint density at radius 2 is 1.73 bits per heavy atom. The largest absolute Gasteiger partial charge is 0.497 e. The van der Waals surface area contributed by atoms with Crippen molar-refractivity contribution in [2.24, 2.45) is 0 Å². The van der Waals surface area contributed by atoms with Crippen LogP contribution in [0.5, 0.6) is 5.75 Å². The van der Waals surface area contributed by atoms with E-state index in [1.165, 1.54) is 36.0 Å². The van der Waals surface area contributed by atoms with Crippen LogP contribution in [0.25, 0.3) is 16.9 Å². The summed E-state index contributed by atoms with van der Waals surface area (Å²) in [5.41, 5.74) is 2.87. The molecule has 4 rings (SSSR count). The zero-order valence-corrected chi connectivity index (χ0v) is 19.0. The van der Waals surface area contributed by atoms with Gasteiger partial charge in [0.2, 0.25) is 0 Å². The number of ether oxygens (including phenoxy) is 1. The summed E-state index contributed by atoms with van der Waals surface area (Å²) in [6.07, 6.45) is 1.91. The lowest BCUT2D eigenvalue weighted by atomic mass is 10.1. The molecule has 0 aliphatic heterocycles. The number of nitrogens with zero attached hydrogens (tertiary/aromatic N) is 3. The molecule has 0 saturated carbocycles. The lowest BCUT2D eigenvalue weighted by Crippen LogP contribution is -2.04. The van der Waals surface area contributed by atoms with Crippen molar-refractivity contribution in [3.63, 3.8) is 0 Å². The van der Waals surface area contributed by atoms with Crippen molar-refractivity contribution in [3.8, 4) is 22.7 Å². The van der Waals surface area contributed by atoms with Crippen molar-refractivity contribution in [3.05, 3.63) is 99.7 Å². The molecule has 1 aromatic heterocycles. The van der Waals surface area contributed by atoms with Crippen LogP contribution in [-0.4, -0.2) is 33.1 Å². The summed E-state index contributed by atoms with van der Waals surface area (Å²) in [5, 5.41) is 12.1. The van der Waals surface area contributed by atoms with E-state index in [9.17, 15) is 14.9 Å². The van der Waals surface area contributed by atoms with Crippen LogP contribution in [0, 0.1) is 10.1 Å². The number of halogens is 1. The van der Waals surface area contributed by atoms with Crippen LogP contribution in [0.15, 0.2) is 84.1 Å². The van der Waals surface area contributed by atoms with Crippen LogP contribution < -0.4 is 4.74 Å². The van der Waals surface area contributed by atoms with Gasteiger partial charge < -0.3 is 4.74 Å². The minimum absolute atomic E-state index is 0.0541. The van der Waals surface area contributed by atoms with Crippen molar-refractivity contribution >= 4 is 34.8 Å². The molecule has 0 bridgehead atoms. The van der Waals surface area contributed by atoms with E-state index in [0.717, 1.165) is 22.7 Å². The third-order valence-corrected chi connectivity index (χ3v) is 6.10. The van der Waals surface area contributed by atoms with Gasteiger partial charge in [-0.05, 0) is 60.7 Å². The zero-order valence-electron chi connectivity index (χ0n) is 17.5. The number of aromatic nitrogens is 2. The number of hydrogen-bond acceptors (Lipinski definition) is 6. The first-order chi connectivity index (χ1) is 15.9. The maximum absolute atomic E-state index is 12.7. The molecule has 3 aromatic carbocycles. The monoisotopic (exact) mass is 479 g/mol. The number of nitro groups is 1. The number of non-ortho nitro benzene ring substituents is 1. The van der Waals surface area contributed by atoms with E-state index >= 15 is 0 Å². The maximum atomic E-state index is 12.7. The molecule has 0 fully saturated rings. The fraction of sp³-hybridized carbons (Fsp3) is 0.0833. The molecule has 9 heteroatoms. The Morgan fingerprint density at radius 1 is 1.06 bits per heavy atom. The number of methoxy groups -OCH3 is 1. The summed E-state index contributed by atoms with van der Waals surface area (Å²) in [5.74, 6) is 0.732. The maximum Gasteiger partial charge on any atom is 0.269 e. The fourth-order valence-electron chi connectivity index (χ4n) is 3.14. The molecule has 7 nitrogen and oxygen atoms in total. The second-order valence-corrected chi connectivity index (χ2v) is 8.38. The average Bonchev–Trinajstić information content (AvgIpc) is 3.27. The minimum Gasteiger partial charge on any atom is -0.497 e. The smallest absolute Gasteiger partial charge is 0.269 e. The highest BCUT2D eigenvalue weighted by molar-refractivity contribution is 7.99. The molecule has 0 atom stereocenters. The third kappa shape index (κ3) is 5.24. The second-order valence-electron chi connectivity index (χ2n) is 7.00.